The molecule has 0 radical (unpaired) electrons. The van der Waals surface area contributed by atoms with Crippen LogP contribution in [-0.2, 0) is 11.3 Å². The van der Waals surface area contributed by atoms with Crippen molar-refractivity contribution in [2.75, 3.05) is 20.2 Å². The number of hydrogen-bond donors (Lipinski definition) is 2. The number of carbonyl (C=O) groups excluding carboxylic acids is 3. The Labute approximate surface area is 170 Å². The van der Waals surface area contributed by atoms with Crippen molar-refractivity contribution in [3.8, 4) is 5.75 Å². The number of primary amides is 1. The molecule has 0 unspecified atom stereocenters. The van der Waals surface area contributed by atoms with E-state index in [0.717, 1.165) is 5.56 Å². The second kappa shape index (κ2) is 10.8. The molecule has 3 amide bonds. The fraction of sp³-hybridized carbons (Fsp3) is 0.318. The SMILES string of the molecule is CCOc1ccccc1C(=O)NCCCC(=O)N(C)Cc1cccc(C(N)=O)c1. The summed E-state index contributed by atoms with van der Waals surface area (Å²) in [4.78, 5) is 37.5. The van der Waals surface area contributed by atoms with Gasteiger partial charge >= 0.3 is 0 Å². The number of rotatable bonds is 10. The summed E-state index contributed by atoms with van der Waals surface area (Å²) < 4.78 is 5.46. The lowest BCUT2D eigenvalue weighted by Crippen LogP contribution is -2.29. The van der Waals surface area contributed by atoms with Gasteiger partial charge in [0.15, 0.2) is 0 Å². The molecule has 2 aromatic carbocycles. The van der Waals surface area contributed by atoms with Crippen molar-refractivity contribution in [2.45, 2.75) is 26.3 Å². The number of nitrogens with zero attached hydrogens (tertiary/aromatic N) is 1. The van der Waals surface area contributed by atoms with E-state index in [-0.39, 0.29) is 11.8 Å². The Hall–Kier alpha value is -3.35. The van der Waals surface area contributed by atoms with Gasteiger partial charge in [0.25, 0.3) is 5.91 Å². The van der Waals surface area contributed by atoms with E-state index in [2.05, 4.69) is 5.32 Å². The predicted octanol–water partition coefficient (Wildman–Crippen LogP) is 2.35. The van der Waals surface area contributed by atoms with Crippen LogP contribution in [-0.4, -0.2) is 42.8 Å². The van der Waals surface area contributed by atoms with Crippen LogP contribution in [0, 0.1) is 0 Å². The van der Waals surface area contributed by atoms with Crippen LogP contribution in [0.25, 0.3) is 0 Å². The molecule has 0 aromatic heterocycles. The monoisotopic (exact) mass is 397 g/mol. The summed E-state index contributed by atoms with van der Waals surface area (Å²) in [6.07, 6.45) is 0.826. The Bertz CT molecular complexity index is 867. The Balaban J connectivity index is 1.78. The van der Waals surface area contributed by atoms with Crippen LogP contribution in [0.15, 0.2) is 48.5 Å². The highest BCUT2D eigenvalue weighted by Gasteiger charge is 2.13. The molecular weight excluding hydrogens is 370 g/mol. The van der Waals surface area contributed by atoms with Crippen LogP contribution < -0.4 is 15.8 Å². The summed E-state index contributed by atoms with van der Waals surface area (Å²) in [5, 5.41) is 2.82. The van der Waals surface area contributed by atoms with Crippen molar-refractivity contribution in [3.63, 3.8) is 0 Å². The third-order valence-corrected chi connectivity index (χ3v) is 4.34. The van der Waals surface area contributed by atoms with Gasteiger partial charge in [-0.1, -0.05) is 24.3 Å². The van der Waals surface area contributed by atoms with E-state index in [4.69, 9.17) is 10.5 Å². The van der Waals surface area contributed by atoms with Gasteiger partial charge in [-0.2, -0.15) is 0 Å². The molecule has 7 heteroatoms. The van der Waals surface area contributed by atoms with Crippen molar-refractivity contribution in [1.29, 1.82) is 0 Å². The normalized spacial score (nSPS) is 10.3. The zero-order chi connectivity index (χ0) is 21.2. The molecule has 3 N–H and O–H groups in total. The number of carbonyl (C=O) groups is 3. The molecule has 0 heterocycles. The molecule has 0 saturated heterocycles. The number of hydrogen-bond acceptors (Lipinski definition) is 4. The van der Waals surface area contributed by atoms with Gasteiger partial charge in [0.1, 0.15) is 5.75 Å². The van der Waals surface area contributed by atoms with Crippen LogP contribution >= 0.6 is 0 Å². The Morgan fingerprint density at radius 3 is 2.59 bits per heavy atom. The number of benzene rings is 2. The first-order valence-electron chi connectivity index (χ1n) is 9.55. The maximum atomic E-state index is 12.3. The van der Waals surface area contributed by atoms with E-state index in [0.29, 0.717) is 49.4 Å². The molecule has 0 fully saturated rings. The Morgan fingerprint density at radius 2 is 1.86 bits per heavy atom. The van der Waals surface area contributed by atoms with Gasteiger partial charge in [-0.05, 0) is 43.2 Å². The number of nitrogens with one attached hydrogen (secondary N) is 1. The fourth-order valence-corrected chi connectivity index (χ4v) is 2.85. The minimum absolute atomic E-state index is 0.0431. The highest BCUT2D eigenvalue weighted by atomic mass is 16.5. The van der Waals surface area contributed by atoms with Crippen molar-refractivity contribution in [1.82, 2.24) is 10.2 Å². The minimum atomic E-state index is -0.498. The summed E-state index contributed by atoms with van der Waals surface area (Å²) in [7, 11) is 1.70. The first kappa shape index (κ1) is 21.9. The standard InChI is InChI=1S/C22H27N3O4/c1-3-29-19-11-5-4-10-18(19)22(28)24-13-7-12-20(26)25(2)15-16-8-6-9-17(14-16)21(23)27/h4-6,8-11,14H,3,7,12-13,15H2,1-2H3,(H2,23,27)(H,24,28). The smallest absolute Gasteiger partial charge is 0.255 e. The van der Waals surface area contributed by atoms with Crippen LogP contribution in [0.5, 0.6) is 5.75 Å². The molecule has 0 bridgehead atoms. The number of para-hydroxylation sites is 1. The molecule has 0 aliphatic carbocycles. The molecule has 0 spiro atoms. The van der Waals surface area contributed by atoms with Gasteiger partial charge in [0, 0.05) is 32.1 Å². The van der Waals surface area contributed by atoms with Gasteiger partial charge in [-0.3, -0.25) is 14.4 Å². The van der Waals surface area contributed by atoms with Crippen molar-refractivity contribution in [3.05, 3.63) is 65.2 Å². The van der Waals surface area contributed by atoms with E-state index >= 15 is 0 Å². The maximum absolute atomic E-state index is 12.3. The summed E-state index contributed by atoms with van der Waals surface area (Å²) in [5.41, 5.74) is 7.01. The molecule has 0 aliphatic heterocycles. The van der Waals surface area contributed by atoms with Crippen LogP contribution in [0.4, 0.5) is 0 Å². The van der Waals surface area contributed by atoms with Gasteiger partial charge in [-0.15, -0.1) is 0 Å². The van der Waals surface area contributed by atoms with Crippen LogP contribution in [0.2, 0.25) is 0 Å². The minimum Gasteiger partial charge on any atom is -0.493 e. The zero-order valence-corrected chi connectivity index (χ0v) is 16.8. The summed E-state index contributed by atoms with van der Waals surface area (Å²) in [6, 6.07) is 14.0. The molecule has 154 valence electrons. The quantitative estimate of drug-likeness (QED) is 0.601. The number of amides is 3. The predicted molar refractivity (Wildman–Crippen MR) is 111 cm³/mol. The van der Waals surface area contributed by atoms with Gasteiger partial charge in [0.05, 0.1) is 12.2 Å². The summed E-state index contributed by atoms with van der Waals surface area (Å²) in [6.45, 7) is 3.11. The molecule has 0 atom stereocenters. The molecule has 0 saturated carbocycles. The molecule has 2 rings (SSSR count). The zero-order valence-electron chi connectivity index (χ0n) is 16.8. The lowest BCUT2D eigenvalue weighted by molar-refractivity contribution is -0.130. The van der Waals surface area contributed by atoms with E-state index in [1.807, 2.05) is 19.1 Å². The van der Waals surface area contributed by atoms with E-state index < -0.39 is 5.91 Å². The number of ether oxygens (including phenoxy) is 1. The van der Waals surface area contributed by atoms with E-state index in [1.54, 1.807) is 48.3 Å². The second-order valence-electron chi connectivity index (χ2n) is 6.60. The van der Waals surface area contributed by atoms with Crippen molar-refractivity contribution >= 4 is 17.7 Å². The lowest BCUT2D eigenvalue weighted by Gasteiger charge is -2.18. The average Bonchev–Trinajstić information content (AvgIpc) is 2.71. The third kappa shape index (κ3) is 6.64. The topological polar surface area (TPSA) is 102 Å². The largest absolute Gasteiger partial charge is 0.493 e. The van der Waals surface area contributed by atoms with Crippen LogP contribution in [0.1, 0.15) is 46.0 Å². The molecule has 2 aromatic rings. The first-order valence-corrected chi connectivity index (χ1v) is 9.55. The summed E-state index contributed by atoms with van der Waals surface area (Å²) in [5.74, 6) is -0.222. The number of nitrogens with two attached hydrogens (primary N) is 1. The average molecular weight is 397 g/mol. The molecular formula is C22H27N3O4. The fourth-order valence-electron chi connectivity index (χ4n) is 2.85. The van der Waals surface area contributed by atoms with E-state index in [1.165, 1.54) is 0 Å². The van der Waals surface area contributed by atoms with E-state index in [9.17, 15) is 14.4 Å². The summed E-state index contributed by atoms with van der Waals surface area (Å²) >= 11 is 0. The van der Waals surface area contributed by atoms with Crippen molar-refractivity contribution < 1.29 is 19.1 Å². The first-order chi connectivity index (χ1) is 13.9. The third-order valence-electron chi connectivity index (χ3n) is 4.34. The Kier molecular flexibility index (Phi) is 8.21. The van der Waals surface area contributed by atoms with Crippen LogP contribution in [0.3, 0.4) is 0 Å². The highest BCUT2D eigenvalue weighted by Crippen LogP contribution is 2.17. The van der Waals surface area contributed by atoms with Crippen molar-refractivity contribution in [2.24, 2.45) is 5.73 Å². The molecule has 29 heavy (non-hydrogen) atoms. The second-order valence-corrected chi connectivity index (χ2v) is 6.60. The molecule has 7 nitrogen and oxygen atoms in total. The van der Waals surface area contributed by atoms with Gasteiger partial charge < -0.3 is 20.7 Å². The Morgan fingerprint density at radius 1 is 1.10 bits per heavy atom. The molecule has 0 aliphatic rings. The van der Waals surface area contributed by atoms with Gasteiger partial charge in [0.2, 0.25) is 11.8 Å². The van der Waals surface area contributed by atoms with Gasteiger partial charge in [-0.25, -0.2) is 0 Å². The lowest BCUT2D eigenvalue weighted by atomic mass is 10.1. The highest BCUT2D eigenvalue weighted by molar-refractivity contribution is 5.96. The maximum Gasteiger partial charge on any atom is 0.255 e.